The van der Waals surface area contributed by atoms with Crippen molar-refractivity contribution in [2.45, 2.75) is 38.5 Å². The van der Waals surface area contributed by atoms with Crippen LogP contribution in [0, 0.1) is 11.7 Å². The summed E-state index contributed by atoms with van der Waals surface area (Å²) in [7, 11) is 0. The van der Waals surface area contributed by atoms with E-state index in [-0.39, 0.29) is 48.8 Å². The number of anilines is 2. The maximum atomic E-state index is 13.8. The summed E-state index contributed by atoms with van der Waals surface area (Å²) < 4.78 is 13.8. The molecular weight excluding hydrogens is 321 g/mol. The van der Waals surface area contributed by atoms with Crippen LogP contribution in [-0.4, -0.2) is 18.4 Å². The number of nitrogens with one attached hydrogen (secondary N) is 2. The number of hydrogen-bond acceptors (Lipinski definition) is 3. The first-order valence-electron chi connectivity index (χ1n) is 7.70. The summed E-state index contributed by atoms with van der Waals surface area (Å²) in [5.74, 6) is -0.952. The quantitative estimate of drug-likeness (QED) is 0.768. The van der Waals surface area contributed by atoms with Crippen molar-refractivity contribution in [3.8, 4) is 0 Å². The Balaban J connectivity index is 0.00000264. The zero-order valence-corrected chi connectivity index (χ0v) is 13.8. The molecule has 4 N–H and O–H groups in total. The first-order valence-corrected chi connectivity index (χ1v) is 7.70. The van der Waals surface area contributed by atoms with Crippen LogP contribution in [0.25, 0.3) is 0 Å². The summed E-state index contributed by atoms with van der Waals surface area (Å²) in [6.45, 7) is 0.248. The van der Waals surface area contributed by atoms with Crippen LogP contribution in [0.1, 0.15) is 38.5 Å². The van der Waals surface area contributed by atoms with Gasteiger partial charge in [-0.15, -0.1) is 12.4 Å². The highest BCUT2D eigenvalue weighted by Crippen LogP contribution is 2.26. The normalized spacial score (nSPS) is 14.7. The Morgan fingerprint density at radius 1 is 1.17 bits per heavy atom. The van der Waals surface area contributed by atoms with Crippen molar-refractivity contribution in [1.82, 2.24) is 0 Å². The van der Waals surface area contributed by atoms with E-state index in [4.69, 9.17) is 5.73 Å². The molecular formula is C16H23ClFN3O2. The van der Waals surface area contributed by atoms with Crippen molar-refractivity contribution in [3.63, 3.8) is 0 Å². The summed E-state index contributed by atoms with van der Waals surface area (Å²) >= 11 is 0. The molecule has 23 heavy (non-hydrogen) atoms. The summed E-state index contributed by atoms with van der Waals surface area (Å²) in [5, 5.41) is 5.26. The van der Waals surface area contributed by atoms with Crippen molar-refractivity contribution >= 4 is 35.6 Å². The molecule has 0 aromatic heterocycles. The van der Waals surface area contributed by atoms with Gasteiger partial charge in [0, 0.05) is 24.6 Å². The highest BCUT2D eigenvalue weighted by atomic mass is 35.5. The van der Waals surface area contributed by atoms with E-state index >= 15 is 0 Å². The average Bonchev–Trinajstić information content (AvgIpc) is 2.51. The van der Waals surface area contributed by atoms with Gasteiger partial charge < -0.3 is 16.4 Å². The smallest absolute Gasteiger partial charge is 0.227 e. The second-order valence-electron chi connectivity index (χ2n) is 5.61. The van der Waals surface area contributed by atoms with Crippen LogP contribution < -0.4 is 16.4 Å². The van der Waals surface area contributed by atoms with Gasteiger partial charge in [-0.25, -0.2) is 4.39 Å². The number of halogens is 2. The van der Waals surface area contributed by atoms with Crippen molar-refractivity contribution in [1.29, 1.82) is 0 Å². The molecule has 0 saturated heterocycles. The fourth-order valence-electron chi connectivity index (χ4n) is 2.65. The molecule has 1 aliphatic rings. The first kappa shape index (κ1) is 19.4. The van der Waals surface area contributed by atoms with Gasteiger partial charge in [-0.05, 0) is 31.0 Å². The van der Waals surface area contributed by atoms with E-state index in [9.17, 15) is 14.0 Å². The van der Waals surface area contributed by atoms with Gasteiger partial charge in [0.25, 0.3) is 0 Å². The first-order chi connectivity index (χ1) is 10.6. The summed E-state index contributed by atoms with van der Waals surface area (Å²) in [6, 6.07) is 4.12. The lowest BCUT2D eigenvalue weighted by molar-refractivity contribution is -0.120. The van der Waals surface area contributed by atoms with Gasteiger partial charge >= 0.3 is 0 Å². The molecule has 7 heteroatoms. The van der Waals surface area contributed by atoms with Crippen LogP contribution in [0.4, 0.5) is 15.8 Å². The SMILES string of the molecule is Cl.NCCC(=O)Nc1ccc(F)c(NC(=O)C2CCCCC2)c1. The molecule has 1 aromatic rings. The van der Waals surface area contributed by atoms with Crippen molar-refractivity contribution in [2.24, 2.45) is 11.7 Å². The molecule has 2 rings (SSSR count). The van der Waals surface area contributed by atoms with E-state index < -0.39 is 5.82 Å². The number of nitrogens with two attached hydrogens (primary N) is 1. The van der Waals surface area contributed by atoms with Crippen molar-refractivity contribution in [3.05, 3.63) is 24.0 Å². The predicted molar refractivity (Wildman–Crippen MR) is 91.2 cm³/mol. The molecule has 0 radical (unpaired) electrons. The Morgan fingerprint density at radius 2 is 1.87 bits per heavy atom. The standard InChI is InChI=1S/C16H22FN3O2.ClH/c17-13-7-6-12(19-15(21)8-9-18)10-14(13)20-16(22)11-4-2-1-3-5-11;/h6-7,10-11H,1-5,8-9,18H2,(H,19,21)(H,20,22);1H. The van der Waals surface area contributed by atoms with E-state index in [1.807, 2.05) is 0 Å². The van der Waals surface area contributed by atoms with Crippen LogP contribution in [0.15, 0.2) is 18.2 Å². The Bertz CT molecular complexity index is 548. The molecule has 0 aliphatic heterocycles. The highest BCUT2D eigenvalue weighted by Gasteiger charge is 2.22. The van der Waals surface area contributed by atoms with E-state index in [0.29, 0.717) is 5.69 Å². The zero-order valence-electron chi connectivity index (χ0n) is 12.9. The van der Waals surface area contributed by atoms with Gasteiger partial charge in [0.15, 0.2) is 0 Å². The lowest BCUT2D eigenvalue weighted by Gasteiger charge is -2.21. The highest BCUT2D eigenvalue weighted by molar-refractivity contribution is 5.95. The molecule has 0 unspecified atom stereocenters. The monoisotopic (exact) mass is 343 g/mol. The summed E-state index contributed by atoms with van der Waals surface area (Å²) in [6.07, 6.45) is 5.12. The van der Waals surface area contributed by atoms with Gasteiger partial charge in [0.05, 0.1) is 5.69 Å². The minimum atomic E-state index is -0.513. The van der Waals surface area contributed by atoms with Crippen LogP contribution >= 0.6 is 12.4 Å². The van der Waals surface area contributed by atoms with E-state index in [1.165, 1.54) is 18.2 Å². The molecule has 1 aliphatic carbocycles. The predicted octanol–water partition coefficient (Wildman–Crippen LogP) is 3.05. The maximum Gasteiger partial charge on any atom is 0.227 e. The molecule has 0 heterocycles. The number of carbonyl (C=O) groups excluding carboxylic acids is 2. The van der Waals surface area contributed by atoms with E-state index in [0.717, 1.165) is 32.1 Å². The molecule has 128 valence electrons. The van der Waals surface area contributed by atoms with Crippen LogP contribution in [-0.2, 0) is 9.59 Å². The second kappa shape index (κ2) is 9.47. The number of amides is 2. The molecule has 2 amide bonds. The average molecular weight is 344 g/mol. The number of rotatable bonds is 5. The van der Waals surface area contributed by atoms with E-state index in [1.54, 1.807) is 0 Å². The maximum absolute atomic E-state index is 13.8. The third-order valence-corrected chi connectivity index (χ3v) is 3.86. The molecule has 1 fully saturated rings. The zero-order chi connectivity index (χ0) is 15.9. The van der Waals surface area contributed by atoms with Gasteiger partial charge in [-0.1, -0.05) is 19.3 Å². The Hall–Kier alpha value is -1.66. The van der Waals surface area contributed by atoms with Crippen molar-refractivity contribution in [2.75, 3.05) is 17.2 Å². The van der Waals surface area contributed by atoms with Crippen LogP contribution in [0.5, 0.6) is 0 Å². The van der Waals surface area contributed by atoms with Gasteiger partial charge in [0.2, 0.25) is 11.8 Å². The van der Waals surface area contributed by atoms with Crippen molar-refractivity contribution < 1.29 is 14.0 Å². The molecule has 1 aromatic carbocycles. The lowest BCUT2D eigenvalue weighted by atomic mass is 9.88. The third-order valence-electron chi connectivity index (χ3n) is 3.86. The number of benzene rings is 1. The molecule has 0 atom stereocenters. The Kier molecular flexibility index (Phi) is 7.98. The largest absolute Gasteiger partial charge is 0.330 e. The minimum absolute atomic E-state index is 0. The van der Waals surface area contributed by atoms with Gasteiger partial charge in [-0.3, -0.25) is 9.59 Å². The molecule has 1 saturated carbocycles. The lowest BCUT2D eigenvalue weighted by Crippen LogP contribution is -2.25. The fourth-order valence-corrected chi connectivity index (χ4v) is 2.65. The molecule has 5 nitrogen and oxygen atoms in total. The minimum Gasteiger partial charge on any atom is -0.330 e. The van der Waals surface area contributed by atoms with Crippen LogP contribution in [0.3, 0.4) is 0 Å². The second-order valence-corrected chi connectivity index (χ2v) is 5.61. The number of carbonyl (C=O) groups is 2. The molecule has 0 bridgehead atoms. The third kappa shape index (κ3) is 5.80. The molecule has 0 spiro atoms. The van der Waals surface area contributed by atoms with Gasteiger partial charge in [-0.2, -0.15) is 0 Å². The Labute approximate surface area is 141 Å². The van der Waals surface area contributed by atoms with Crippen LogP contribution in [0.2, 0.25) is 0 Å². The van der Waals surface area contributed by atoms with E-state index in [2.05, 4.69) is 10.6 Å². The topological polar surface area (TPSA) is 84.2 Å². The summed E-state index contributed by atoms with van der Waals surface area (Å²) in [5.41, 5.74) is 5.85. The summed E-state index contributed by atoms with van der Waals surface area (Å²) in [4.78, 5) is 23.7. The Morgan fingerprint density at radius 3 is 2.52 bits per heavy atom. The number of hydrogen-bond donors (Lipinski definition) is 3. The fraction of sp³-hybridized carbons (Fsp3) is 0.500. The van der Waals surface area contributed by atoms with Gasteiger partial charge in [0.1, 0.15) is 5.82 Å².